The van der Waals surface area contributed by atoms with Crippen LogP contribution < -0.4 is 15.4 Å². The molecular formula is C16H22N4O. The number of rotatable bonds is 6. The summed E-state index contributed by atoms with van der Waals surface area (Å²) >= 11 is 0. The van der Waals surface area contributed by atoms with Gasteiger partial charge >= 0.3 is 0 Å². The van der Waals surface area contributed by atoms with Crippen LogP contribution in [-0.4, -0.2) is 22.6 Å². The molecule has 0 radical (unpaired) electrons. The van der Waals surface area contributed by atoms with E-state index < -0.39 is 0 Å². The third-order valence-corrected chi connectivity index (χ3v) is 3.05. The minimum atomic E-state index is 0.0904. The van der Waals surface area contributed by atoms with E-state index in [4.69, 9.17) is 10.5 Å². The molecular weight excluding hydrogens is 264 g/mol. The summed E-state index contributed by atoms with van der Waals surface area (Å²) in [6.45, 7) is 7.49. The minimum Gasteiger partial charge on any atom is -0.475 e. The third-order valence-electron chi connectivity index (χ3n) is 3.05. The summed E-state index contributed by atoms with van der Waals surface area (Å²) in [5, 5.41) is 0. The van der Waals surface area contributed by atoms with E-state index in [1.54, 1.807) is 12.3 Å². The van der Waals surface area contributed by atoms with E-state index in [0.29, 0.717) is 18.4 Å². The number of benzene rings is 1. The first-order valence-electron chi connectivity index (χ1n) is 7.18. The van der Waals surface area contributed by atoms with Crippen molar-refractivity contribution in [2.45, 2.75) is 33.4 Å². The zero-order valence-electron chi connectivity index (χ0n) is 12.8. The molecule has 0 aliphatic rings. The van der Waals surface area contributed by atoms with E-state index in [2.05, 4.69) is 21.8 Å². The molecule has 5 nitrogen and oxygen atoms in total. The largest absolute Gasteiger partial charge is 0.475 e. The number of anilines is 2. The summed E-state index contributed by atoms with van der Waals surface area (Å²) in [5.74, 6) is 1.24. The van der Waals surface area contributed by atoms with Crippen molar-refractivity contribution < 1.29 is 4.74 Å². The van der Waals surface area contributed by atoms with E-state index in [0.717, 1.165) is 17.8 Å². The summed E-state index contributed by atoms with van der Waals surface area (Å²) < 4.78 is 5.62. The molecule has 5 heteroatoms. The smallest absolute Gasteiger partial charge is 0.228 e. The second kappa shape index (κ2) is 6.92. The van der Waals surface area contributed by atoms with Crippen molar-refractivity contribution in [1.29, 1.82) is 0 Å². The Labute approximate surface area is 125 Å². The molecule has 21 heavy (non-hydrogen) atoms. The maximum absolute atomic E-state index is 6.01. The van der Waals surface area contributed by atoms with Crippen molar-refractivity contribution in [2.75, 3.05) is 17.2 Å². The number of hydrogen-bond donors (Lipinski definition) is 1. The summed E-state index contributed by atoms with van der Waals surface area (Å²) in [7, 11) is 0. The van der Waals surface area contributed by atoms with Crippen LogP contribution in [0.4, 0.5) is 11.6 Å². The van der Waals surface area contributed by atoms with Crippen LogP contribution in [0, 0.1) is 0 Å². The first-order valence-corrected chi connectivity index (χ1v) is 7.18. The number of hydrogen-bond acceptors (Lipinski definition) is 5. The number of aromatic nitrogens is 2. The first kappa shape index (κ1) is 15.1. The second-order valence-corrected chi connectivity index (χ2v) is 5.07. The monoisotopic (exact) mass is 286 g/mol. The van der Waals surface area contributed by atoms with Crippen molar-refractivity contribution in [3.63, 3.8) is 0 Å². The van der Waals surface area contributed by atoms with Gasteiger partial charge < -0.3 is 15.4 Å². The van der Waals surface area contributed by atoms with Gasteiger partial charge in [0.05, 0.1) is 6.10 Å². The molecule has 0 bridgehead atoms. The van der Waals surface area contributed by atoms with Gasteiger partial charge in [0.25, 0.3) is 0 Å². The van der Waals surface area contributed by atoms with Crippen LogP contribution in [0.15, 0.2) is 36.5 Å². The van der Waals surface area contributed by atoms with Crippen LogP contribution in [0.5, 0.6) is 5.88 Å². The molecule has 2 N–H and O–H groups in total. The molecule has 0 saturated carbocycles. The van der Waals surface area contributed by atoms with E-state index in [9.17, 15) is 0 Å². The first-order chi connectivity index (χ1) is 10.1. The Morgan fingerprint density at radius 1 is 1.24 bits per heavy atom. The van der Waals surface area contributed by atoms with Crippen LogP contribution in [0.25, 0.3) is 0 Å². The average Bonchev–Trinajstić information content (AvgIpc) is 2.46. The quantitative estimate of drug-likeness (QED) is 0.827. The van der Waals surface area contributed by atoms with Crippen molar-refractivity contribution in [3.8, 4) is 5.88 Å². The molecule has 112 valence electrons. The molecule has 0 unspecified atom stereocenters. The molecule has 1 heterocycles. The maximum Gasteiger partial charge on any atom is 0.228 e. The Morgan fingerprint density at radius 2 is 2.00 bits per heavy atom. The van der Waals surface area contributed by atoms with Gasteiger partial charge in [-0.1, -0.05) is 18.2 Å². The van der Waals surface area contributed by atoms with Gasteiger partial charge in [-0.2, -0.15) is 4.98 Å². The third kappa shape index (κ3) is 4.08. The zero-order valence-corrected chi connectivity index (χ0v) is 12.8. The lowest BCUT2D eigenvalue weighted by atomic mass is 10.2. The molecule has 2 rings (SSSR count). The fraction of sp³-hybridized carbons (Fsp3) is 0.375. The number of nitrogen functional groups attached to an aromatic ring is 1. The maximum atomic E-state index is 6.01. The number of ether oxygens (including phenoxy) is 1. The topological polar surface area (TPSA) is 64.3 Å². The van der Waals surface area contributed by atoms with Crippen molar-refractivity contribution >= 4 is 11.6 Å². The molecule has 1 aromatic heterocycles. The standard InChI is InChI=1S/C16H22N4O/c1-4-20(11-13-7-5-6-8-14(13)17)16-18-10-9-15(19-16)21-12(2)3/h5-10,12H,4,11,17H2,1-3H3. The lowest BCUT2D eigenvalue weighted by Gasteiger charge is -2.22. The highest BCUT2D eigenvalue weighted by Crippen LogP contribution is 2.19. The van der Waals surface area contributed by atoms with Crippen LogP contribution >= 0.6 is 0 Å². The summed E-state index contributed by atoms with van der Waals surface area (Å²) in [4.78, 5) is 10.9. The lowest BCUT2D eigenvalue weighted by Crippen LogP contribution is -2.25. The highest BCUT2D eigenvalue weighted by atomic mass is 16.5. The molecule has 0 atom stereocenters. The Balaban J connectivity index is 2.19. The fourth-order valence-electron chi connectivity index (χ4n) is 2.00. The molecule has 2 aromatic rings. The van der Waals surface area contributed by atoms with Crippen molar-refractivity contribution in [1.82, 2.24) is 9.97 Å². The minimum absolute atomic E-state index is 0.0904. The average molecular weight is 286 g/mol. The normalized spacial score (nSPS) is 10.7. The highest BCUT2D eigenvalue weighted by Gasteiger charge is 2.11. The van der Waals surface area contributed by atoms with Gasteiger partial charge in [-0.3, -0.25) is 0 Å². The summed E-state index contributed by atoms with van der Waals surface area (Å²) in [6, 6.07) is 9.62. The summed E-state index contributed by atoms with van der Waals surface area (Å²) in [5.41, 5.74) is 7.86. The van der Waals surface area contributed by atoms with Gasteiger partial charge in [0, 0.05) is 31.0 Å². The Bertz CT molecular complexity index is 586. The van der Waals surface area contributed by atoms with Gasteiger partial charge in [0.2, 0.25) is 11.8 Å². The fourth-order valence-corrected chi connectivity index (χ4v) is 2.00. The van der Waals surface area contributed by atoms with Crippen LogP contribution in [0.3, 0.4) is 0 Å². The predicted octanol–water partition coefficient (Wildman–Crippen LogP) is 2.87. The van der Waals surface area contributed by atoms with Gasteiger partial charge in [-0.25, -0.2) is 4.98 Å². The number of nitrogens with zero attached hydrogens (tertiary/aromatic N) is 3. The SMILES string of the molecule is CCN(Cc1ccccc1N)c1nccc(OC(C)C)n1. The van der Waals surface area contributed by atoms with Crippen molar-refractivity contribution in [3.05, 3.63) is 42.1 Å². The van der Waals surface area contributed by atoms with E-state index in [1.807, 2.05) is 38.1 Å². The van der Waals surface area contributed by atoms with Gasteiger partial charge in [-0.05, 0) is 32.4 Å². The van der Waals surface area contributed by atoms with E-state index >= 15 is 0 Å². The molecule has 0 aliphatic carbocycles. The molecule has 0 spiro atoms. The zero-order chi connectivity index (χ0) is 15.2. The molecule has 0 aliphatic heterocycles. The predicted molar refractivity (Wildman–Crippen MR) is 85.4 cm³/mol. The molecule has 0 fully saturated rings. The Morgan fingerprint density at radius 3 is 2.67 bits per heavy atom. The molecule has 0 amide bonds. The summed E-state index contributed by atoms with van der Waals surface area (Å²) in [6.07, 6.45) is 1.81. The van der Waals surface area contributed by atoms with Gasteiger partial charge in [-0.15, -0.1) is 0 Å². The van der Waals surface area contributed by atoms with Crippen molar-refractivity contribution in [2.24, 2.45) is 0 Å². The van der Waals surface area contributed by atoms with Crippen LogP contribution in [0.2, 0.25) is 0 Å². The van der Waals surface area contributed by atoms with Gasteiger partial charge in [0.1, 0.15) is 0 Å². The number of para-hydroxylation sites is 1. The highest BCUT2D eigenvalue weighted by molar-refractivity contribution is 5.48. The second-order valence-electron chi connectivity index (χ2n) is 5.07. The Kier molecular flexibility index (Phi) is 4.98. The molecule has 0 saturated heterocycles. The van der Waals surface area contributed by atoms with E-state index in [1.165, 1.54) is 0 Å². The van der Waals surface area contributed by atoms with Crippen LogP contribution in [0.1, 0.15) is 26.3 Å². The van der Waals surface area contributed by atoms with E-state index in [-0.39, 0.29) is 6.10 Å². The number of nitrogens with two attached hydrogens (primary N) is 1. The lowest BCUT2D eigenvalue weighted by molar-refractivity contribution is 0.232. The van der Waals surface area contributed by atoms with Crippen LogP contribution in [-0.2, 0) is 6.54 Å². The van der Waals surface area contributed by atoms with Gasteiger partial charge in [0.15, 0.2) is 0 Å². The molecule has 1 aromatic carbocycles. The Hall–Kier alpha value is -2.30.